The van der Waals surface area contributed by atoms with Crippen molar-refractivity contribution in [3.8, 4) is 0 Å². The average molecular weight is 294 g/mol. The first-order chi connectivity index (χ1) is 10.1. The topological polar surface area (TPSA) is 42.8 Å². The minimum Gasteiger partial charge on any atom is -0.379 e. The van der Waals surface area contributed by atoms with Gasteiger partial charge in [0.05, 0.1) is 32.1 Å². The third-order valence-electron chi connectivity index (χ3n) is 4.47. The van der Waals surface area contributed by atoms with Gasteiger partial charge in [-0.25, -0.2) is 0 Å². The Hall–Kier alpha value is -0.950. The molecule has 0 N–H and O–H groups in total. The van der Waals surface area contributed by atoms with Crippen LogP contribution in [0.1, 0.15) is 5.56 Å². The highest BCUT2D eigenvalue weighted by Crippen LogP contribution is 2.33. The van der Waals surface area contributed by atoms with E-state index in [1.807, 2.05) is 17.9 Å². The minimum absolute atomic E-state index is 0.300. The largest absolute Gasteiger partial charge is 0.379 e. The summed E-state index contributed by atoms with van der Waals surface area (Å²) in [6, 6.07) is 0.495. The lowest BCUT2D eigenvalue weighted by molar-refractivity contribution is 0.0132. The van der Waals surface area contributed by atoms with E-state index in [1.54, 1.807) is 0 Å². The van der Waals surface area contributed by atoms with Crippen LogP contribution in [0.3, 0.4) is 0 Å². The van der Waals surface area contributed by atoms with E-state index in [0.717, 1.165) is 39.5 Å². The number of ether oxygens (including phenoxy) is 2. The van der Waals surface area contributed by atoms with Crippen LogP contribution in [0.15, 0.2) is 12.4 Å². The molecule has 2 saturated heterocycles. The van der Waals surface area contributed by atoms with Gasteiger partial charge >= 0.3 is 0 Å². The fourth-order valence-electron chi connectivity index (χ4n) is 3.33. The number of aryl methyl sites for hydroxylation is 1. The zero-order valence-corrected chi connectivity index (χ0v) is 13.2. The van der Waals surface area contributed by atoms with Gasteiger partial charge in [-0.05, 0) is 14.1 Å². The zero-order chi connectivity index (χ0) is 14.8. The average Bonchev–Trinajstić information content (AvgIpc) is 3.09. The highest BCUT2D eigenvalue weighted by atomic mass is 16.5. The lowest BCUT2D eigenvalue weighted by atomic mass is 10.0. The van der Waals surface area contributed by atoms with Crippen molar-refractivity contribution < 1.29 is 9.47 Å². The van der Waals surface area contributed by atoms with Gasteiger partial charge in [0.25, 0.3) is 0 Å². The molecule has 2 fully saturated rings. The maximum absolute atomic E-state index is 6.12. The fraction of sp³-hybridized carbons (Fsp3) is 0.800. The van der Waals surface area contributed by atoms with Crippen molar-refractivity contribution in [2.75, 3.05) is 47.0 Å². The Morgan fingerprint density at radius 1 is 1.43 bits per heavy atom. The van der Waals surface area contributed by atoms with Gasteiger partial charge in [-0.1, -0.05) is 0 Å². The van der Waals surface area contributed by atoms with Gasteiger partial charge in [-0.3, -0.25) is 9.58 Å². The molecule has 1 aromatic heterocycles. The number of hydrogen-bond donors (Lipinski definition) is 0. The van der Waals surface area contributed by atoms with Crippen molar-refractivity contribution in [1.29, 1.82) is 0 Å². The predicted molar refractivity (Wildman–Crippen MR) is 80.0 cm³/mol. The number of nitrogens with zero attached hydrogens (tertiary/aromatic N) is 4. The van der Waals surface area contributed by atoms with Gasteiger partial charge in [-0.2, -0.15) is 5.10 Å². The van der Waals surface area contributed by atoms with E-state index in [9.17, 15) is 0 Å². The van der Waals surface area contributed by atoms with Gasteiger partial charge in [0.15, 0.2) is 0 Å². The third-order valence-corrected chi connectivity index (χ3v) is 4.47. The first-order valence-electron chi connectivity index (χ1n) is 7.69. The van der Waals surface area contributed by atoms with Gasteiger partial charge in [0.2, 0.25) is 0 Å². The summed E-state index contributed by atoms with van der Waals surface area (Å²) < 4.78 is 13.7. The summed E-state index contributed by atoms with van der Waals surface area (Å²) in [6.45, 7) is 5.37. The molecule has 1 aromatic rings. The SMILES string of the molecule is CN(C)CCO[C@@H]1CN(Cc2cnn(C)c2)[C@H]2COC[C@@H]12. The normalized spacial score (nSPS) is 29.4. The Balaban J connectivity index is 1.58. The number of fused-ring (bicyclic) bond motifs is 1. The smallest absolute Gasteiger partial charge is 0.0768 e. The first kappa shape index (κ1) is 15.0. The summed E-state index contributed by atoms with van der Waals surface area (Å²) in [6.07, 6.45) is 4.34. The van der Waals surface area contributed by atoms with Crippen LogP contribution >= 0.6 is 0 Å². The third kappa shape index (κ3) is 3.45. The van der Waals surface area contributed by atoms with E-state index < -0.39 is 0 Å². The summed E-state index contributed by atoms with van der Waals surface area (Å²) in [5.74, 6) is 0.517. The molecule has 0 bridgehead atoms. The maximum atomic E-state index is 6.12. The Kier molecular flexibility index (Phi) is 4.59. The molecule has 0 radical (unpaired) electrons. The van der Waals surface area contributed by atoms with Crippen LogP contribution in [0, 0.1) is 5.92 Å². The molecule has 3 atom stereocenters. The van der Waals surface area contributed by atoms with E-state index in [2.05, 4.69) is 35.2 Å². The van der Waals surface area contributed by atoms with E-state index in [4.69, 9.17) is 9.47 Å². The molecule has 0 spiro atoms. The van der Waals surface area contributed by atoms with Gasteiger partial charge in [-0.15, -0.1) is 0 Å². The summed E-state index contributed by atoms with van der Waals surface area (Å²) in [5.41, 5.74) is 1.26. The number of rotatable bonds is 6. The minimum atomic E-state index is 0.300. The van der Waals surface area contributed by atoms with Crippen molar-refractivity contribution >= 4 is 0 Å². The van der Waals surface area contributed by atoms with Crippen molar-refractivity contribution in [2.45, 2.75) is 18.7 Å². The second-order valence-corrected chi connectivity index (χ2v) is 6.43. The summed E-state index contributed by atoms with van der Waals surface area (Å²) >= 11 is 0. The standard InChI is InChI=1S/C15H26N4O2/c1-17(2)4-5-21-15-9-19(14-11-20-10-13(14)15)8-12-6-16-18(3)7-12/h6-7,13-15H,4-5,8-11H2,1-3H3/t13-,14+,15-/m1/s1. The fourth-order valence-corrected chi connectivity index (χ4v) is 3.33. The van der Waals surface area contributed by atoms with E-state index >= 15 is 0 Å². The van der Waals surface area contributed by atoms with Gasteiger partial charge in [0.1, 0.15) is 0 Å². The van der Waals surface area contributed by atoms with Gasteiger partial charge < -0.3 is 14.4 Å². The molecule has 6 nitrogen and oxygen atoms in total. The molecule has 0 amide bonds. The maximum Gasteiger partial charge on any atom is 0.0768 e. The molecule has 2 aliphatic rings. The monoisotopic (exact) mass is 294 g/mol. The Labute approximate surface area is 126 Å². The second-order valence-electron chi connectivity index (χ2n) is 6.43. The van der Waals surface area contributed by atoms with Gasteiger partial charge in [0, 0.05) is 50.4 Å². The summed E-state index contributed by atoms with van der Waals surface area (Å²) in [4.78, 5) is 4.65. The van der Waals surface area contributed by atoms with Crippen molar-refractivity contribution in [3.63, 3.8) is 0 Å². The molecule has 118 valence electrons. The highest BCUT2D eigenvalue weighted by molar-refractivity contribution is 5.07. The van der Waals surface area contributed by atoms with E-state index in [0.29, 0.717) is 18.1 Å². The molecule has 0 unspecified atom stereocenters. The molecule has 3 heterocycles. The van der Waals surface area contributed by atoms with Crippen LogP contribution in [0.5, 0.6) is 0 Å². The molecule has 0 aromatic carbocycles. The molecule has 3 rings (SSSR count). The van der Waals surface area contributed by atoms with Crippen LogP contribution in [-0.4, -0.2) is 78.7 Å². The van der Waals surface area contributed by atoms with E-state index in [-0.39, 0.29) is 0 Å². The molecule has 0 aliphatic carbocycles. The number of hydrogen-bond acceptors (Lipinski definition) is 5. The summed E-state index contributed by atoms with van der Waals surface area (Å²) in [5, 5.41) is 4.25. The number of aromatic nitrogens is 2. The number of likely N-dealkylation sites (tertiary alicyclic amines) is 1. The van der Waals surface area contributed by atoms with Crippen molar-refractivity contribution in [2.24, 2.45) is 13.0 Å². The Morgan fingerprint density at radius 2 is 2.29 bits per heavy atom. The zero-order valence-electron chi connectivity index (χ0n) is 13.2. The molecular weight excluding hydrogens is 268 g/mol. The first-order valence-corrected chi connectivity index (χ1v) is 7.69. The van der Waals surface area contributed by atoms with Crippen LogP contribution in [0.25, 0.3) is 0 Å². The molecule has 2 aliphatic heterocycles. The Bertz CT molecular complexity index is 462. The second kappa shape index (κ2) is 6.44. The molecule has 0 saturated carbocycles. The molecule has 6 heteroatoms. The summed E-state index contributed by atoms with van der Waals surface area (Å²) in [7, 11) is 6.12. The van der Waals surface area contributed by atoms with Crippen molar-refractivity contribution in [1.82, 2.24) is 19.6 Å². The van der Waals surface area contributed by atoms with Crippen molar-refractivity contribution in [3.05, 3.63) is 18.0 Å². The van der Waals surface area contributed by atoms with Crippen LogP contribution in [0.4, 0.5) is 0 Å². The lowest BCUT2D eigenvalue weighted by Crippen LogP contribution is -2.32. The van der Waals surface area contributed by atoms with Crippen LogP contribution in [0.2, 0.25) is 0 Å². The predicted octanol–water partition coefficient (Wildman–Crippen LogP) is 0.198. The highest BCUT2D eigenvalue weighted by Gasteiger charge is 2.45. The number of likely N-dealkylation sites (N-methyl/N-ethyl adjacent to an activating group) is 1. The molecule has 21 heavy (non-hydrogen) atoms. The quantitative estimate of drug-likeness (QED) is 0.750. The Morgan fingerprint density at radius 3 is 3.00 bits per heavy atom. The van der Waals surface area contributed by atoms with E-state index in [1.165, 1.54) is 5.56 Å². The van der Waals surface area contributed by atoms with Crippen LogP contribution < -0.4 is 0 Å². The lowest BCUT2D eigenvalue weighted by Gasteiger charge is -2.21. The molecular formula is C15H26N4O2. The van der Waals surface area contributed by atoms with Crippen LogP contribution in [-0.2, 0) is 23.1 Å².